The Morgan fingerprint density at radius 1 is 1.29 bits per heavy atom. The molecule has 1 aliphatic rings. The molecule has 1 aromatic carbocycles. The predicted octanol–water partition coefficient (Wildman–Crippen LogP) is 0.833. The number of rotatable bonds is 6. The molecular weight excluding hydrogens is 290 g/mol. The summed E-state index contributed by atoms with van der Waals surface area (Å²) in [5.74, 6) is -0.119. The van der Waals surface area contributed by atoms with Gasteiger partial charge in [-0.1, -0.05) is 0 Å². The summed E-state index contributed by atoms with van der Waals surface area (Å²) in [6.07, 6.45) is 2.17. The fourth-order valence-electron chi connectivity index (χ4n) is 2.31. The SMILES string of the molecule is Cc1cc(N)cc(C)c1S(=O)(=O)NCCC(=O)NC1CC1. The fraction of sp³-hybridized carbons (Fsp3) is 0.500. The average Bonchev–Trinajstić information content (AvgIpc) is 3.10. The molecule has 6 nitrogen and oxygen atoms in total. The number of carbonyl (C=O) groups excluding carboxylic acids is 1. The summed E-state index contributed by atoms with van der Waals surface area (Å²) in [5, 5.41) is 2.82. The molecule has 0 radical (unpaired) electrons. The molecule has 0 unspecified atom stereocenters. The van der Waals surface area contributed by atoms with E-state index < -0.39 is 10.0 Å². The molecule has 2 rings (SSSR count). The maximum atomic E-state index is 12.3. The highest BCUT2D eigenvalue weighted by molar-refractivity contribution is 7.89. The van der Waals surface area contributed by atoms with Crippen molar-refractivity contribution < 1.29 is 13.2 Å². The quantitative estimate of drug-likeness (QED) is 0.677. The minimum atomic E-state index is -3.63. The van der Waals surface area contributed by atoms with E-state index in [0.717, 1.165) is 12.8 Å². The zero-order valence-electron chi connectivity index (χ0n) is 12.3. The van der Waals surface area contributed by atoms with E-state index in [1.807, 2.05) is 0 Å². The van der Waals surface area contributed by atoms with Crippen LogP contribution in [-0.4, -0.2) is 26.9 Å². The van der Waals surface area contributed by atoms with Crippen LogP contribution in [0.25, 0.3) is 0 Å². The summed E-state index contributed by atoms with van der Waals surface area (Å²) in [6, 6.07) is 3.54. The first kappa shape index (κ1) is 15.8. The number of anilines is 1. The highest BCUT2D eigenvalue weighted by Crippen LogP contribution is 2.22. The Bertz CT molecular complexity index is 628. The van der Waals surface area contributed by atoms with Gasteiger partial charge in [0.1, 0.15) is 0 Å². The summed E-state index contributed by atoms with van der Waals surface area (Å²) in [5.41, 5.74) is 7.43. The van der Waals surface area contributed by atoms with Crippen molar-refractivity contribution in [3.05, 3.63) is 23.3 Å². The molecular formula is C14H21N3O3S. The first-order chi connectivity index (χ1) is 9.79. The van der Waals surface area contributed by atoms with E-state index in [-0.39, 0.29) is 29.8 Å². The number of benzene rings is 1. The van der Waals surface area contributed by atoms with E-state index in [4.69, 9.17) is 5.73 Å². The van der Waals surface area contributed by atoms with Gasteiger partial charge in [0.25, 0.3) is 0 Å². The summed E-state index contributed by atoms with van der Waals surface area (Å²) < 4.78 is 27.1. The van der Waals surface area contributed by atoms with Gasteiger partial charge in [0, 0.05) is 24.7 Å². The fourth-order valence-corrected chi connectivity index (χ4v) is 3.79. The molecule has 0 bridgehead atoms. The van der Waals surface area contributed by atoms with Gasteiger partial charge in [-0.05, 0) is 49.9 Å². The molecule has 1 aromatic rings. The lowest BCUT2D eigenvalue weighted by atomic mass is 10.1. The van der Waals surface area contributed by atoms with E-state index in [1.54, 1.807) is 26.0 Å². The van der Waals surface area contributed by atoms with E-state index in [0.29, 0.717) is 16.8 Å². The minimum absolute atomic E-state index is 0.0874. The smallest absolute Gasteiger partial charge is 0.241 e. The second kappa shape index (κ2) is 6.03. The van der Waals surface area contributed by atoms with Crippen LogP contribution in [0.3, 0.4) is 0 Å². The van der Waals surface area contributed by atoms with Crippen molar-refractivity contribution in [2.75, 3.05) is 12.3 Å². The van der Waals surface area contributed by atoms with Gasteiger partial charge in [-0.2, -0.15) is 0 Å². The molecule has 0 aliphatic heterocycles. The van der Waals surface area contributed by atoms with Crippen LogP contribution in [0.2, 0.25) is 0 Å². The number of amides is 1. The number of aryl methyl sites for hydroxylation is 2. The Balaban J connectivity index is 1.99. The molecule has 116 valence electrons. The van der Waals surface area contributed by atoms with E-state index in [2.05, 4.69) is 10.0 Å². The van der Waals surface area contributed by atoms with Gasteiger partial charge in [-0.25, -0.2) is 13.1 Å². The normalized spacial score (nSPS) is 15.0. The van der Waals surface area contributed by atoms with Crippen LogP contribution in [0.4, 0.5) is 5.69 Å². The van der Waals surface area contributed by atoms with Gasteiger partial charge in [0.05, 0.1) is 4.90 Å². The van der Waals surface area contributed by atoms with Crippen LogP contribution in [-0.2, 0) is 14.8 Å². The van der Waals surface area contributed by atoms with Gasteiger partial charge in [0.2, 0.25) is 15.9 Å². The molecule has 0 spiro atoms. The van der Waals surface area contributed by atoms with Crippen molar-refractivity contribution >= 4 is 21.6 Å². The Hall–Kier alpha value is -1.60. The van der Waals surface area contributed by atoms with Crippen LogP contribution < -0.4 is 15.8 Å². The number of hydrogen-bond donors (Lipinski definition) is 3. The highest BCUT2D eigenvalue weighted by Gasteiger charge is 2.24. The zero-order chi connectivity index (χ0) is 15.6. The van der Waals surface area contributed by atoms with Gasteiger partial charge in [-0.3, -0.25) is 4.79 Å². The second-order valence-electron chi connectivity index (χ2n) is 5.47. The Kier molecular flexibility index (Phi) is 4.53. The van der Waals surface area contributed by atoms with Crippen LogP contribution in [0.15, 0.2) is 17.0 Å². The predicted molar refractivity (Wildman–Crippen MR) is 81.3 cm³/mol. The average molecular weight is 311 g/mol. The molecule has 7 heteroatoms. The summed E-state index contributed by atoms with van der Waals surface area (Å²) in [4.78, 5) is 11.8. The minimum Gasteiger partial charge on any atom is -0.399 e. The molecule has 4 N–H and O–H groups in total. The lowest BCUT2D eigenvalue weighted by Gasteiger charge is -2.13. The standard InChI is InChI=1S/C14H21N3O3S/c1-9-7-11(15)8-10(2)14(9)21(19,20)16-6-5-13(18)17-12-3-4-12/h7-8,12,16H,3-6,15H2,1-2H3,(H,17,18). The van der Waals surface area contributed by atoms with E-state index >= 15 is 0 Å². The van der Waals surface area contributed by atoms with Gasteiger partial charge >= 0.3 is 0 Å². The van der Waals surface area contributed by atoms with Crippen molar-refractivity contribution in [3.8, 4) is 0 Å². The molecule has 0 atom stereocenters. The van der Waals surface area contributed by atoms with Crippen molar-refractivity contribution in [2.45, 2.75) is 44.0 Å². The Morgan fingerprint density at radius 2 is 1.86 bits per heavy atom. The molecule has 1 aliphatic carbocycles. The Labute approximate surface area is 125 Å². The summed E-state index contributed by atoms with van der Waals surface area (Å²) in [7, 11) is -3.63. The van der Waals surface area contributed by atoms with E-state index in [9.17, 15) is 13.2 Å². The van der Waals surface area contributed by atoms with Gasteiger partial charge in [0.15, 0.2) is 0 Å². The van der Waals surface area contributed by atoms with E-state index in [1.165, 1.54) is 0 Å². The Morgan fingerprint density at radius 3 is 2.38 bits per heavy atom. The first-order valence-electron chi connectivity index (χ1n) is 6.95. The third-order valence-corrected chi connectivity index (χ3v) is 5.10. The van der Waals surface area contributed by atoms with Crippen LogP contribution >= 0.6 is 0 Å². The largest absolute Gasteiger partial charge is 0.399 e. The van der Waals surface area contributed by atoms with Crippen molar-refractivity contribution in [1.82, 2.24) is 10.0 Å². The highest BCUT2D eigenvalue weighted by atomic mass is 32.2. The maximum Gasteiger partial charge on any atom is 0.241 e. The third-order valence-electron chi connectivity index (χ3n) is 3.34. The monoisotopic (exact) mass is 311 g/mol. The van der Waals surface area contributed by atoms with Crippen molar-refractivity contribution in [1.29, 1.82) is 0 Å². The number of carbonyl (C=O) groups is 1. The zero-order valence-corrected chi connectivity index (χ0v) is 13.1. The molecule has 1 amide bonds. The maximum absolute atomic E-state index is 12.3. The molecule has 1 fully saturated rings. The molecule has 0 heterocycles. The van der Waals surface area contributed by atoms with Crippen molar-refractivity contribution in [3.63, 3.8) is 0 Å². The number of nitrogens with two attached hydrogens (primary N) is 1. The van der Waals surface area contributed by atoms with Crippen molar-refractivity contribution in [2.24, 2.45) is 0 Å². The molecule has 0 saturated heterocycles. The van der Waals surface area contributed by atoms with Crippen LogP contribution in [0.1, 0.15) is 30.4 Å². The molecule has 1 saturated carbocycles. The first-order valence-corrected chi connectivity index (χ1v) is 8.43. The van der Waals surface area contributed by atoms with Gasteiger partial charge < -0.3 is 11.1 Å². The van der Waals surface area contributed by atoms with Crippen LogP contribution in [0, 0.1) is 13.8 Å². The molecule has 0 aromatic heterocycles. The number of nitrogens with one attached hydrogen (secondary N) is 2. The topological polar surface area (TPSA) is 101 Å². The third kappa shape index (κ3) is 4.18. The lowest BCUT2D eigenvalue weighted by Crippen LogP contribution is -2.32. The number of sulfonamides is 1. The summed E-state index contributed by atoms with van der Waals surface area (Å²) in [6.45, 7) is 3.50. The molecule has 21 heavy (non-hydrogen) atoms. The number of hydrogen-bond acceptors (Lipinski definition) is 4. The van der Waals surface area contributed by atoms with Crippen LogP contribution in [0.5, 0.6) is 0 Å². The number of nitrogen functional groups attached to an aromatic ring is 1. The lowest BCUT2D eigenvalue weighted by molar-refractivity contribution is -0.121. The van der Waals surface area contributed by atoms with Gasteiger partial charge in [-0.15, -0.1) is 0 Å². The summed E-state index contributed by atoms with van der Waals surface area (Å²) >= 11 is 0. The second-order valence-corrected chi connectivity index (χ2v) is 7.18.